The first kappa shape index (κ1) is 24.5. The highest BCUT2D eigenvalue weighted by atomic mass is 19.1. The van der Waals surface area contributed by atoms with Crippen LogP contribution < -0.4 is 4.74 Å². The number of ether oxygens (including phenoxy) is 1. The number of aliphatic hydroxyl groups excluding tert-OH is 1. The van der Waals surface area contributed by atoms with Crippen molar-refractivity contribution in [3.05, 3.63) is 71.0 Å². The molecule has 1 atom stereocenters. The van der Waals surface area contributed by atoms with Crippen LogP contribution >= 0.6 is 0 Å². The third-order valence-electron chi connectivity index (χ3n) is 5.44. The summed E-state index contributed by atoms with van der Waals surface area (Å²) >= 11 is 0. The van der Waals surface area contributed by atoms with Crippen molar-refractivity contribution in [3.63, 3.8) is 0 Å². The van der Waals surface area contributed by atoms with E-state index in [9.17, 15) is 19.1 Å². The standard InChI is InChI=1S/C26H31FN2O4/c1-17(2)16-33-21-12-8-19(9-13-21)24(30)22-23(18-6-10-20(27)11-7-18)29(26(32)25(22)31)15-5-14-28(3)4/h6-13,17,23,30H,5,14-16H2,1-4H3/b24-22+/t23-/m1/s1. The molecule has 1 amide bonds. The first-order valence-corrected chi connectivity index (χ1v) is 11.1. The number of hydrogen-bond acceptors (Lipinski definition) is 5. The Kier molecular flexibility index (Phi) is 7.87. The monoisotopic (exact) mass is 454 g/mol. The molecule has 0 saturated carbocycles. The van der Waals surface area contributed by atoms with Gasteiger partial charge in [-0.15, -0.1) is 0 Å². The molecule has 0 radical (unpaired) electrons. The number of amides is 1. The number of nitrogens with zero attached hydrogens (tertiary/aromatic N) is 2. The van der Waals surface area contributed by atoms with E-state index < -0.39 is 23.5 Å². The van der Waals surface area contributed by atoms with Crippen molar-refractivity contribution in [1.82, 2.24) is 9.80 Å². The quantitative estimate of drug-likeness (QED) is 0.349. The van der Waals surface area contributed by atoms with Gasteiger partial charge in [0, 0.05) is 12.1 Å². The minimum absolute atomic E-state index is 0.00677. The molecule has 6 nitrogen and oxygen atoms in total. The number of aliphatic hydroxyl groups is 1. The van der Waals surface area contributed by atoms with Crippen LogP contribution in [0, 0.1) is 11.7 Å². The minimum atomic E-state index is -0.787. The summed E-state index contributed by atoms with van der Waals surface area (Å²) in [5.41, 5.74) is 0.983. The maximum Gasteiger partial charge on any atom is 0.295 e. The molecule has 1 saturated heterocycles. The summed E-state index contributed by atoms with van der Waals surface area (Å²) in [6.45, 7) is 5.73. The number of carbonyl (C=O) groups excluding carboxylic acids is 2. The van der Waals surface area contributed by atoms with Crippen LogP contribution in [0.15, 0.2) is 54.1 Å². The van der Waals surface area contributed by atoms with Gasteiger partial charge in [0.05, 0.1) is 18.2 Å². The summed E-state index contributed by atoms with van der Waals surface area (Å²) in [6, 6.07) is 11.6. The lowest BCUT2D eigenvalue weighted by Crippen LogP contribution is -2.32. The number of Topliss-reactive ketones (excluding diaryl/α,β-unsaturated/α-hetero) is 1. The number of halogens is 1. The average molecular weight is 455 g/mol. The van der Waals surface area contributed by atoms with Crippen LogP contribution in [0.1, 0.15) is 37.4 Å². The van der Waals surface area contributed by atoms with Crippen LogP contribution in [0.25, 0.3) is 5.76 Å². The first-order chi connectivity index (χ1) is 15.7. The Morgan fingerprint density at radius 3 is 2.30 bits per heavy atom. The number of likely N-dealkylation sites (tertiary alicyclic amines) is 1. The number of benzene rings is 2. The predicted molar refractivity (Wildman–Crippen MR) is 125 cm³/mol. The molecule has 1 aliphatic heterocycles. The highest BCUT2D eigenvalue weighted by Crippen LogP contribution is 2.39. The van der Waals surface area contributed by atoms with Crippen molar-refractivity contribution in [2.75, 3.05) is 33.8 Å². The molecular formula is C26H31FN2O4. The van der Waals surface area contributed by atoms with E-state index in [4.69, 9.17) is 4.74 Å². The predicted octanol–water partition coefficient (Wildman–Crippen LogP) is 4.23. The molecule has 33 heavy (non-hydrogen) atoms. The maximum absolute atomic E-state index is 13.6. The van der Waals surface area contributed by atoms with Crippen LogP contribution in [-0.4, -0.2) is 60.4 Å². The zero-order chi connectivity index (χ0) is 24.1. The summed E-state index contributed by atoms with van der Waals surface area (Å²) in [5, 5.41) is 11.1. The van der Waals surface area contributed by atoms with Gasteiger partial charge in [0.25, 0.3) is 11.7 Å². The van der Waals surface area contributed by atoms with Crippen molar-refractivity contribution >= 4 is 17.4 Å². The summed E-state index contributed by atoms with van der Waals surface area (Å²) < 4.78 is 19.2. The van der Waals surface area contributed by atoms with Crippen molar-refractivity contribution in [1.29, 1.82) is 0 Å². The van der Waals surface area contributed by atoms with E-state index in [1.165, 1.54) is 17.0 Å². The molecule has 2 aromatic rings. The second-order valence-electron chi connectivity index (χ2n) is 8.93. The van der Waals surface area contributed by atoms with Gasteiger partial charge in [-0.05, 0) is 74.9 Å². The zero-order valence-electron chi connectivity index (χ0n) is 19.5. The summed E-state index contributed by atoms with van der Waals surface area (Å²) in [7, 11) is 3.86. The fourth-order valence-electron chi connectivity index (χ4n) is 3.79. The van der Waals surface area contributed by atoms with E-state index in [0.717, 1.165) is 6.54 Å². The van der Waals surface area contributed by atoms with Gasteiger partial charge in [-0.25, -0.2) is 4.39 Å². The maximum atomic E-state index is 13.6. The molecule has 1 heterocycles. The summed E-state index contributed by atoms with van der Waals surface area (Å²) in [6.07, 6.45) is 0.652. The average Bonchev–Trinajstić information content (AvgIpc) is 3.03. The number of carbonyl (C=O) groups is 2. The van der Waals surface area contributed by atoms with E-state index in [1.807, 2.05) is 32.8 Å². The van der Waals surface area contributed by atoms with E-state index in [1.54, 1.807) is 36.4 Å². The highest BCUT2D eigenvalue weighted by molar-refractivity contribution is 6.46. The molecule has 1 aliphatic rings. The molecule has 0 spiro atoms. The number of hydrogen-bond donors (Lipinski definition) is 1. The van der Waals surface area contributed by atoms with Crippen LogP contribution in [0.2, 0.25) is 0 Å². The van der Waals surface area contributed by atoms with Gasteiger partial charge in [-0.2, -0.15) is 0 Å². The van der Waals surface area contributed by atoms with Crippen molar-refractivity contribution in [2.45, 2.75) is 26.3 Å². The lowest BCUT2D eigenvalue weighted by molar-refractivity contribution is -0.139. The minimum Gasteiger partial charge on any atom is -0.507 e. The SMILES string of the molecule is CC(C)COc1ccc(/C(O)=C2\C(=O)C(=O)N(CCCN(C)C)[C@@H]2c2ccc(F)cc2)cc1. The normalized spacial score (nSPS) is 17.9. The fourth-order valence-corrected chi connectivity index (χ4v) is 3.79. The molecule has 0 bridgehead atoms. The van der Waals surface area contributed by atoms with Gasteiger partial charge < -0.3 is 19.6 Å². The Balaban J connectivity index is 1.99. The summed E-state index contributed by atoms with van der Waals surface area (Å²) in [5.74, 6) is -1.06. The number of ketones is 1. The molecule has 2 aromatic carbocycles. The first-order valence-electron chi connectivity index (χ1n) is 11.1. The molecule has 7 heteroatoms. The lowest BCUT2D eigenvalue weighted by Gasteiger charge is -2.26. The van der Waals surface area contributed by atoms with E-state index >= 15 is 0 Å². The third kappa shape index (κ3) is 5.79. The van der Waals surface area contributed by atoms with Gasteiger partial charge in [0.1, 0.15) is 17.3 Å². The number of rotatable bonds is 9. The largest absolute Gasteiger partial charge is 0.507 e. The molecule has 176 valence electrons. The van der Waals surface area contributed by atoms with E-state index in [2.05, 4.69) is 0 Å². The molecule has 0 unspecified atom stereocenters. The Morgan fingerprint density at radius 2 is 1.73 bits per heavy atom. The molecule has 0 aromatic heterocycles. The Hall–Kier alpha value is -3.19. The smallest absolute Gasteiger partial charge is 0.295 e. The molecule has 3 rings (SSSR count). The third-order valence-corrected chi connectivity index (χ3v) is 5.44. The Labute approximate surface area is 194 Å². The van der Waals surface area contributed by atoms with E-state index in [-0.39, 0.29) is 11.3 Å². The molecule has 0 aliphatic carbocycles. The zero-order valence-corrected chi connectivity index (χ0v) is 19.5. The lowest BCUT2D eigenvalue weighted by atomic mass is 9.95. The van der Waals surface area contributed by atoms with Crippen molar-refractivity contribution in [3.8, 4) is 5.75 Å². The second-order valence-corrected chi connectivity index (χ2v) is 8.93. The van der Waals surface area contributed by atoms with Crippen LogP contribution in [0.5, 0.6) is 5.75 Å². The van der Waals surface area contributed by atoms with Gasteiger partial charge in [-0.1, -0.05) is 26.0 Å². The van der Waals surface area contributed by atoms with Crippen molar-refractivity contribution in [2.24, 2.45) is 5.92 Å². The van der Waals surface area contributed by atoms with Crippen LogP contribution in [-0.2, 0) is 9.59 Å². The van der Waals surface area contributed by atoms with Crippen molar-refractivity contribution < 1.29 is 23.8 Å². The Bertz CT molecular complexity index is 1010. The van der Waals surface area contributed by atoms with Gasteiger partial charge >= 0.3 is 0 Å². The topological polar surface area (TPSA) is 70.1 Å². The fraction of sp³-hybridized carbons (Fsp3) is 0.385. The Morgan fingerprint density at radius 1 is 1.09 bits per heavy atom. The van der Waals surface area contributed by atoms with Crippen LogP contribution in [0.3, 0.4) is 0 Å². The van der Waals surface area contributed by atoms with Gasteiger partial charge in [0.15, 0.2) is 0 Å². The summed E-state index contributed by atoms with van der Waals surface area (Å²) in [4.78, 5) is 29.4. The highest BCUT2D eigenvalue weighted by Gasteiger charge is 2.45. The van der Waals surface area contributed by atoms with E-state index in [0.29, 0.717) is 42.4 Å². The van der Waals surface area contributed by atoms with Gasteiger partial charge in [0.2, 0.25) is 0 Å². The molecule has 1 N–H and O–H groups in total. The van der Waals surface area contributed by atoms with Gasteiger partial charge in [-0.3, -0.25) is 9.59 Å². The second kappa shape index (κ2) is 10.6. The van der Waals surface area contributed by atoms with Crippen LogP contribution in [0.4, 0.5) is 4.39 Å². The molecular weight excluding hydrogens is 423 g/mol. The molecule has 1 fully saturated rings.